The van der Waals surface area contributed by atoms with E-state index in [-0.39, 0.29) is 11.6 Å². The Bertz CT molecular complexity index is 899. The van der Waals surface area contributed by atoms with E-state index >= 15 is 0 Å². The third kappa shape index (κ3) is 2.66. The SMILES string of the molecule is O=C(Nc1cc(Cl)ccc1Cl)c1cccc2[nH]c(=O)[nH]c12. The number of nitrogens with one attached hydrogen (secondary N) is 3. The molecule has 0 radical (unpaired) electrons. The summed E-state index contributed by atoms with van der Waals surface area (Å²) in [6.07, 6.45) is 0. The summed E-state index contributed by atoms with van der Waals surface area (Å²) in [7, 11) is 0. The molecule has 0 aliphatic rings. The number of imidazole rings is 1. The van der Waals surface area contributed by atoms with Crippen LogP contribution < -0.4 is 11.0 Å². The fourth-order valence-electron chi connectivity index (χ4n) is 2.03. The monoisotopic (exact) mass is 321 g/mol. The molecule has 3 N–H and O–H groups in total. The molecule has 7 heteroatoms. The Labute approximate surface area is 128 Å². The van der Waals surface area contributed by atoms with E-state index in [4.69, 9.17) is 23.2 Å². The summed E-state index contributed by atoms with van der Waals surface area (Å²) in [4.78, 5) is 28.9. The minimum Gasteiger partial charge on any atom is -0.321 e. The average molecular weight is 322 g/mol. The number of aromatic amines is 2. The number of H-pyrrole nitrogens is 2. The van der Waals surface area contributed by atoms with E-state index in [1.54, 1.807) is 36.4 Å². The summed E-state index contributed by atoms with van der Waals surface area (Å²) < 4.78 is 0. The van der Waals surface area contributed by atoms with Gasteiger partial charge in [-0.2, -0.15) is 0 Å². The van der Waals surface area contributed by atoms with Gasteiger partial charge in [-0.1, -0.05) is 29.3 Å². The van der Waals surface area contributed by atoms with Gasteiger partial charge in [0.2, 0.25) is 0 Å². The van der Waals surface area contributed by atoms with Crippen molar-refractivity contribution in [3.63, 3.8) is 0 Å². The highest BCUT2D eigenvalue weighted by atomic mass is 35.5. The highest BCUT2D eigenvalue weighted by Gasteiger charge is 2.13. The van der Waals surface area contributed by atoms with Crippen molar-refractivity contribution >= 4 is 45.8 Å². The minimum atomic E-state index is -0.389. The van der Waals surface area contributed by atoms with Crippen LogP contribution in [0.5, 0.6) is 0 Å². The summed E-state index contributed by atoms with van der Waals surface area (Å²) in [6.45, 7) is 0. The number of anilines is 1. The number of benzene rings is 2. The average Bonchev–Trinajstić information content (AvgIpc) is 2.82. The van der Waals surface area contributed by atoms with Crippen molar-refractivity contribution in [1.29, 1.82) is 0 Å². The molecule has 1 heterocycles. The fourth-order valence-corrected chi connectivity index (χ4v) is 2.37. The van der Waals surface area contributed by atoms with Gasteiger partial charge in [0.15, 0.2) is 0 Å². The quantitative estimate of drug-likeness (QED) is 0.676. The van der Waals surface area contributed by atoms with Crippen LogP contribution in [0, 0.1) is 0 Å². The zero-order valence-electron chi connectivity index (χ0n) is 10.5. The highest BCUT2D eigenvalue weighted by molar-refractivity contribution is 6.36. The van der Waals surface area contributed by atoms with Crippen molar-refractivity contribution in [2.24, 2.45) is 0 Å². The number of carbonyl (C=O) groups excluding carboxylic acids is 1. The number of rotatable bonds is 2. The molecule has 0 bridgehead atoms. The Morgan fingerprint density at radius 3 is 2.71 bits per heavy atom. The van der Waals surface area contributed by atoms with Crippen LogP contribution >= 0.6 is 23.2 Å². The summed E-state index contributed by atoms with van der Waals surface area (Å²) in [6, 6.07) is 9.78. The number of amides is 1. The first-order valence-electron chi connectivity index (χ1n) is 6.02. The molecule has 2 aromatic carbocycles. The normalized spacial score (nSPS) is 10.8. The minimum absolute atomic E-state index is 0.335. The molecule has 0 aliphatic heterocycles. The number of hydrogen-bond acceptors (Lipinski definition) is 2. The largest absolute Gasteiger partial charge is 0.323 e. The number of para-hydroxylation sites is 1. The Hall–Kier alpha value is -2.24. The number of carbonyl (C=O) groups is 1. The number of halogens is 2. The van der Waals surface area contributed by atoms with Gasteiger partial charge in [-0.15, -0.1) is 0 Å². The maximum absolute atomic E-state index is 12.4. The van der Waals surface area contributed by atoms with Crippen LogP contribution in [0.1, 0.15) is 10.4 Å². The van der Waals surface area contributed by atoms with Crippen LogP contribution in [0.25, 0.3) is 11.0 Å². The maximum atomic E-state index is 12.4. The molecule has 0 unspecified atom stereocenters. The lowest BCUT2D eigenvalue weighted by Gasteiger charge is -2.08. The van der Waals surface area contributed by atoms with Gasteiger partial charge in [0.05, 0.1) is 27.3 Å². The van der Waals surface area contributed by atoms with Crippen molar-refractivity contribution in [3.8, 4) is 0 Å². The Balaban J connectivity index is 2.01. The van der Waals surface area contributed by atoms with Crippen molar-refractivity contribution in [3.05, 3.63) is 62.5 Å². The lowest BCUT2D eigenvalue weighted by Crippen LogP contribution is -2.13. The maximum Gasteiger partial charge on any atom is 0.323 e. The Morgan fingerprint density at radius 1 is 1.10 bits per heavy atom. The second-order valence-corrected chi connectivity index (χ2v) is 5.23. The molecule has 0 atom stereocenters. The standard InChI is InChI=1S/C14H9Cl2N3O2/c15-7-4-5-9(16)11(6-7)17-13(20)8-2-1-3-10-12(8)19-14(21)18-10/h1-6H,(H,17,20)(H2,18,19,21). The first kappa shape index (κ1) is 13.7. The van der Waals surface area contributed by atoms with E-state index < -0.39 is 0 Å². The van der Waals surface area contributed by atoms with Gasteiger partial charge < -0.3 is 15.3 Å². The predicted octanol–water partition coefficient (Wildman–Crippen LogP) is 3.42. The Morgan fingerprint density at radius 2 is 1.90 bits per heavy atom. The first-order chi connectivity index (χ1) is 10.0. The molecular formula is C14H9Cl2N3O2. The van der Waals surface area contributed by atoms with Gasteiger partial charge in [-0.25, -0.2) is 4.79 Å². The summed E-state index contributed by atoms with van der Waals surface area (Å²) in [5, 5.41) is 3.52. The molecule has 3 rings (SSSR count). The number of hydrogen-bond donors (Lipinski definition) is 3. The predicted molar refractivity (Wildman–Crippen MR) is 83.3 cm³/mol. The van der Waals surface area contributed by atoms with E-state index in [0.29, 0.717) is 32.3 Å². The van der Waals surface area contributed by atoms with Gasteiger partial charge >= 0.3 is 5.69 Å². The molecule has 21 heavy (non-hydrogen) atoms. The first-order valence-corrected chi connectivity index (χ1v) is 6.77. The Kier molecular flexibility index (Phi) is 3.45. The van der Waals surface area contributed by atoms with Gasteiger partial charge in [-0.3, -0.25) is 4.79 Å². The molecule has 0 fully saturated rings. The van der Waals surface area contributed by atoms with Crippen LogP contribution in [-0.2, 0) is 0 Å². The second-order valence-electron chi connectivity index (χ2n) is 4.39. The van der Waals surface area contributed by atoms with Gasteiger partial charge in [0.1, 0.15) is 0 Å². The van der Waals surface area contributed by atoms with E-state index in [1.807, 2.05) is 0 Å². The zero-order chi connectivity index (χ0) is 15.0. The van der Waals surface area contributed by atoms with E-state index in [1.165, 1.54) is 0 Å². The molecule has 3 aromatic rings. The van der Waals surface area contributed by atoms with E-state index in [0.717, 1.165) is 0 Å². The number of aromatic nitrogens is 2. The third-order valence-corrected chi connectivity index (χ3v) is 3.54. The van der Waals surface area contributed by atoms with Crippen LogP contribution in [0.2, 0.25) is 10.0 Å². The summed E-state index contributed by atoms with van der Waals surface area (Å²) >= 11 is 11.9. The van der Waals surface area contributed by atoms with Crippen LogP contribution in [0.4, 0.5) is 5.69 Å². The lowest BCUT2D eigenvalue weighted by molar-refractivity contribution is 0.102. The molecular weight excluding hydrogens is 313 g/mol. The molecule has 5 nitrogen and oxygen atoms in total. The summed E-state index contributed by atoms with van der Waals surface area (Å²) in [5.41, 5.74) is 1.37. The molecule has 106 valence electrons. The molecule has 0 saturated heterocycles. The molecule has 1 aromatic heterocycles. The third-order valence-electron chi connectivity index (χ3n) is 2.97. The molecule has 1 amide bonds. The van der Waals surface area contributed by atoms with Crippen molar-refractivity contribution in [2.45, 2.75) is 0 Å². The van der Waals surface area contributed by atoms with Gasteiger partial charge in [-0.05, 0) is 30.3 Å². The molecule has 0 saturated carbocycles. The van der Waals surface area contributed by atoms with Gasteiger partial charge in [0, 0.05) is 5.02 Å². The number of fused-ring (bicyclic) bond motifs is 1. The topological polar surface area (TPSA) is 77.8 Å². The lowest BCUT2D eigenvalue weighted by atomic mass is 10.1. The van der Waals surface area contributed by atoms with Crippen molar-refractivity contribution in [1.82, 2.24) is 9.97 Å². The fraction of sp³-hybridized carbons (Fsp3) is 0. The second kappa shape index (κ2) is 5.27. The van der Waals surface area contributed by atoms with Crippen molar-refractivity contribution < 1.29 is 4.79 Å². The van der Waals surface area contributed by atoms with Crippen molar-refractivity contribution in [2.75, 3.05) is 5.32 Å². The summed E-state index contributed by atoms with van der Waals surface area (Å²) in [5.74, 6) is -0.389. The molecule has 0 spiro atoms. The van der Waals surface area contributed by atoms with Gasteiger partial charge in [0.25, 0.3) is 5.91 Å². The van der Waals surface area contributed by atoms with Crippen LogP contribution in [0.15, 0.2) is 41.2 Å². The zero-order valence-corrected chi connectivity index (χ0v) is 12.0. The van der Waals surface area contributed by atoms with E-state index in [9.17, 15) is 9.59 Å². The van der Waals surface area contributed by atoms with Crippen LogP contribution in [0.3, 0.4) is 0 Å². The van der Waals surface area contributed by atoms with Crippen LogP contribution in [-0.4, -0.2) is 15.9 Å². The van der Waals surface area contributed by atoms with E-state index in [2.05, 4.69) is 15.3 Å². The smallest absolute Gasteiger partial charge is 0.321 e. The molecule has 0 aliphatic carbocycles. The highest BCUT2D eigenvalue weighted by Crippen LogP contribution is 2.26.